The number of hydrogen-bond acceptors (Lipinski definition) is 7. The van der Waals surface area contributed by atoms with Gasteiger partial charge >= 0.3 is 5.97 Å². The van der Waals surface area contributed by atoms with Crippen molar-refractivity contribution in [2.24, 2.45) is 5.92 Å². The molecule has 0 saturated carbocycles. The SMILES string of the molecule is C=C1C[C@H](C)C[C@@H]2CC=C[C@@H](CC=CC(=O)OC([C@@H](O)C=C[C@@H]3CC(C)=CCO3)C[C@@H]3OC3[C@@H](O)C1)O2. The molecule has 9 atom stereocenters. The minimum atomic E-state index is -1.03. The van der Waals surface area contributed by atoms with Gasteiger partial charge in [-0.25, -0.2) is 4.79 Å². The summed E-state index contributed by atoms with van der Waals surface area (Å²) >= 11 is 0. The molecule has 0 aromatic rings. The second kappa shape index (κ2) is 13.2. The highest BCUT2D eigenvalue weighted by molar-refractivity contribution is 5.82. The van der Waals surface area contributed by atoms with E-state index >= 15 is 0 Å². The zero-order chi connectivity index (χ0) is 26.4. The molecule has 7 nitrogen and oxygen atoms in total. The van der Waals surface area contributed by atoms with E-state index in [2.05, 4.69) is 26.5 Å². The second-order valence-corrected chi connectivity index (χ2v) is 11.0. The average Bonchev–Trinajstić information content (AvgIpc) is 3.61. The van der Waals surface area contributed by atoms with Crippen LogP contribution in [-0.2, 0) is 23.7 Å². The van der Waals surface area contributed by atoms with E-state index in [-0.39, 0.29) is 36.9 Å². The molecule has 1 saturated heterocycles. The summed E-state index contributed by atoms with van der Waals surface area (Å²) in [5.41, 5.74) is 2.23. The van der Waals surface area contributed by atoms with Gasteiger partial charge in [-0.1, -0.05) is 61.1 Å². The topological polar surface area (TPSA) is 97.8 Å². The molecule has 1 fully saturated rings. The fourth-order valence-electron chi connectivity index (χ4n) is 5.45. The van der Waals surface area contributed by atoms with Gasteiger partial charge < -0.3 is 29.2 Å². The number of aliphatic hydroxyl groups is 2. The fraction of sp³-hybridized carbons (Fsp3) is 0.633. The summed E-state index contributed by atoms with van der Waals surface area (Å²) in [6, 6.07) is 0. The van der Waals surface area contributed by atoms with Crippen LogP contribution in [0.4, 0.5) is 0 Å². The van der Waals surface area contributed by atoms with Gasteiger partial charge in [-0.3, -0.25) is 0 Å². The third-order valence-electron chi connectivity index (χ3n) is 7.44. The zero-order valence-corrected chi connectivity index (χ0v) is 22.0. The van der Waals surface area contributed by atoms with E-state index in [1.165, 1.54) is 11.6 Å². The Morgan fingerprint density at radius 3 is 2.78 bits per heavy atom. The molecule has 2 unspecified atom stereocenters. The summed E-state index contributed by atoms with van der Waals surface area (Å²) < 4.78 is 23.4. The van der Waals surface area contributed by atoms with Crippen molar-refractivity contribution in [3.05, 3.63) is 60.3 Å². The molecule has 4 rings (SSSR count). The molecule has 2 N–H and O–H groups in total. The zero-order valence-electron chi connectivity index (χ0n) is 22.0. The van der Waals surface area contributed by atoms with E-state index < -0.39 is 24.3 Å². The van der Waals surface area contributed by atoms with E-state index in [1.807, 2.05) is 18.2 Å². The van der Waals surface area contributed by atoms with Crippen molar-refractivity contribution in [2.45, 2.75) is 108 Å². The molecule has 0 aromatic heterocycles. The lowest BCUT2D eigenvalue weighted by Gasteiger charge is -2.28. The number of hydrogen-bond donors (Lipinski definition) is 2. The minimum Gasteiger partial charge on any atom is -0.456 e. The van der Waals surface area contributed by atoms with Crippen LogP contribution in [0.15, 0.2) is 60.3 Å². The first-order valence-electron chi connectivity index (χ1n) is 13.6. The number of fused-ring (bicyclic) bond motifs is 3. The first-order chi connectivity index (χ1) is 17.8. The third-order valence-corrected chi connectivity index (χ3v) is 7.44. The van der Waals surface area contributed by atoms with Crippen LogP contribution in [-0.4, -0.2) is 71.6 Å². The molecule has 7 heteroatoms. The number of cyclic esters (lactones) is 1. The number of rotatable bonds is 3. The van der Waals surface area contributed by atoms with Crippen LogP contribution in [0, 0.1) is 5.92 Å². The predicted molar refractivity (Wildman–Crippen MR) is 141 cm³/mol. The van der Waals surface area contributed by atoms with Gasteiger partial charge in [-0.05, 0) is 51.4 Å². The van der Waals surface area contributed by atoms with E-state index in [0.29, 0.717) is 25.4 Å². The molecule has 37 heavy (non-hydrogen) atoms. The summed E-state index contributed by atoms with van der Waals surface area (Å²) in [5.74, 6) is -0.141. The van der Waals surface area contributed by atoms with Crippen molar-refractivity contribution in [3.8, 4) is 0 Å². The Balaban J connectivity index is 1.44. The smallest absolute Gasteiger partial charge is 0.330 e. The van der Waals surface area contributed by atoms with Gasteiger partial charge in [0.05, 0.1) is 37.1 Å². The van der Waals surface area contributed by atoms with E-state index in [9.17, 15) is 15.0 Å². The van der Waals surface area contributed by atoms with Crippen molar-refractivity contribution in [2.75, 3.05) is 6.61 Å². The van der Waals surface area contributed by atoms with Gasteiger partial charge in [0.1, 0.15) is 18.3 Å². The lowest BCUT2D eigenvalue weighted by Crippen LogP contribution is -2.32. The normalized spacial score (nSPS) is 38.8. The van der Waals surface area contributed by atoms with Crippen LogP contribution < -0.4 is 0 Å². The monoisotopic (exact) mass is 514 g/mol. The molecule has 0 aromatic carbocycles. The van der Waals surface area contributed by atoms with Crippen LogP contribution in [0.1, 0.15) is 58.8 Å². The van der Waals surface area contributed by atoms with Crippen molar-refractivity contribution >= 4 is 5.97 Å². The molecule has 0 spiro atoms. The Hall–Kier alpha value is -2.03. The lowest BCUT2D eigenvalue weighted by molar-refractivity contribution is -0.148. The highest BCUT2D eigenvalue weighted by Crippen LogP contribution is 2.35. The minimum absolute atomic E-state index is 0.0863. The number of esters is 1. The van der Waals surface area contributed by atoms with E-state index in [1.54, 1.807) is 12.2 Å². The van der Waals surface area contributed by atoms with Crippen LogP contribution in [0.3, 0.4) is 0 Å². The van der Waals surface area contributed by atoms with E-state index in [0.717, 1.165) is 31.3 Å². The Kier molecular flexibility index (Phi) is 9.96. The maximum Gasteiger partial charge on any atom is 0.330 e. The standard InChI is InChI=1S/C30H42O7/c1-19-12-13-34-23(15-19)10-11-25(31)27-18-28-30(37-28)26(32)17-21(3)14-20(2)16-24-8-4-6-22(35-24)7-5-9-29(33)36-27/h4-6,9-12,20,22-28,30-32H,3,7-8,13-18H2,1-2H3/t20-,22-,23+,24-,25-,26-,27?,28-,30?/m0/s1. The predicted octanol–water partition coefficient (Wildman–Crippen LogP) is 4.11. The Morgan fingerprint density at radius 1 is 1.14 bits per heavy atom. The van der Waals surface area contributed by atoms with Gasteiger partial charge in [0, 0.05) is 12.5 Å². The maximum atomic E-state index is 12.6. The summed E-state index contributed by atoms with van der Waals surface area (Å²) in [6.07, 6.45) is 14.3. The first-order valence-corrected chi connectivity index (χ1v) is 13.6. The summed E-state index contributed by atoms with van der Waals surface area (Å²) in [6.45, 7) is 8.98. The molecule has 0 amide bonds. The third kappa shape index (κ3) is 8.76. The Morgan fingerprint density at radius 2 is 1.97 bits per heavy atom. The van der Waals surface area contributed by atoms with Gasteiger partial charge in [-0.15, -0.1) is 0 Å². The highest BCUT2D eigenvalue weighted by atomic mass is 16.6. The molecule has 2 bridgehead atoms. The molecular formula is C30H42O7. The number of aliphatic hydroxyl groups excluding tert-OH is 2. The largest absolute Gasteiger partial charge is 0.456 e. The van der Waals surface area contributed by atoms with Crippen LogP contribution in [0.2, 0.25) is 0 Å². The number of ether oxygens (including phenoxy) is 4. The molecule has 4 aliphatic heterocycles. The van der Waals surface area contributed by atoms with Crippen molar-refractivity contribution < 1.29 is 34.0 Å². The molecule has 0 aliphatic carbocycles. The van der Waals surface area contributed by atoms with Gasteiger partial charge in [0.2, 0.25) is 0 Å². The average molecular weight is 515 g/mol. The van der Waals surface area contributed by atoms with Crippen LogP contribution in [0.5, 0.6) is 0 Å². The summed E-state index contributed by atoms with van der Waals surface area (Å²) in [7, 11) is 0. The number of carbonyl (C=O) groups excluding carboxylic acids is 1. The Bertz CT molecular complexity index is 919. The van der Waals surface area contributed by atoms with E-state index in [4.69, 9.17) is 18.9 Å². The quantitative estimate of drug-likeness (QED) is 0.332. The molecule has 0 radical (unpaired) electrons. The van der Waals surface area contributed by atoms with Gasteiger partial charge in [0.25, 0.3) is 0 Å². The highest BCUT2D eigenvalue weighted by Gasteiger charge is 2.46. The number of epoxide rings is 1. The Labute approximate surface area is 220 Å². The van der Waals surface area contributed by atoms with Gasteiger partial charge in [-0.2, -0.15) is 0 Å². The fourth-order valence-corrected chi connectivity index (χ4v) is 5.45. The summed E-state index contributed by atoms with van der Waals surface area (Å²) in [4.78, 5) is 12.6. The molecule has 4 aliphatic rings. The summed E-state index contributed by atoms with van der Waals surface area (Å²) in [5, 5.41) is 21.7. The van der Waals surface area contributed by atoms with Crippen LogP contribution in [0.25, 0.3) is 0 Å². The lowest BCUT2D eigenvalue weighted by atomic mass is 9.91. The second-order valence-electron chi connectivity index (χ2n) is 11.0. The molecular weight excluding hydrogens is 472 g/mol. The van der Waals surface area contributed by atoms with Crippen molar-refractivity contribution in [1.82, 2.24) is 0 Å². The van der Waals surface area contributed by atoms with Gasteiger partial charge in [0.15, 0.2) is 0 Å². The van der Waals surface area contributed by atoms with Crippen LogP contribution >= 0.6 is 0 Å². The van der Waals surface area contributed by atoms with Crippen molar-refractivity contribution in [1.29, 1.82) is 0 Å². The van der Waals surface area contributed by atoms with Crippen molar-refractivity contribution in [3.63, 3.8) is 0 Å². The first kappa shape index (κ1) is 28.0. The molecule has 4 heterocycles. The number of carbonyl (C=O) groups is 1. The maximum absolute atomic E-state index is 12.6. The molecule has 204 valence electrons.